The molecule has 2 bridgehead atoms. The van der Waals surface area contributed by atoms with Crippen LogP contribution in [0.2, 0.25) is 0 Å². The molecule has 17 heteroatoms. The van der Waals surface area contributed by atoms with E-state index in [0.29, 0.717) is 69.8 Å². The van der Waals surface area contributed by atoms with Gasteiger partial charge in [-0.3, -0.25) is 24.0 Å². The number of aliphatic hydroxyl groups is 4. The first-order valence-electron chi connectivity index (χ1n) is 25.5. The number of amides is 1. The molecule has 0 aromatic rings. The second-order valence-corrected chi connectivity index (χ2v) is 20.9. The van der Waals surface area contributed by atoms with Gasteiger partial charge in [-0.05, 0) is 108 Å². The van der Waals surface area contributed by atoms with Gasteiger partial charge in [0, 0.05) is 58.5 Å². The number of cyclic esters (lactones) is 1. The number of ketones is 3. The van der Waals surface area contributed by atoms with E-state index in [1.807, 2.05) is 44.2 Å². The molecule has 71 heavy (non-hydrogen) atoms. The van der Waals surface area contributed by atoms with Gasteiger partial charge in [0.05, 0.1) is 31.5 Å². The lowest BCUT2D eigenvalue weighted by molar-refractivity contribution is -0.265. The van der Waals surface area contributed by atoms with Crippen molar-refractivity contribution in [2.24, 2.45) is 35.0 Å². The second-order valence-electron chi connectivity index (χ2n) is 20.9. The van der Waals surface area contributed by atoms with Gasteiger partial charge in [0.15, 0.2) is 5.78 Å². The number of Topliss-reactive ketones (excluding diaryl/α,β-unsaturated/α-hetero) is 3. The first kappa shape index (κ1) is 59.6. The fourth-order valence-electron chi connectivity index (χ4n) is 10.2. The van der Waals surface area contributed by atoms with Crippen LogP contribution < -0.4 is 0 Å². The summed E-state index contributed by atoms with van der Waals surface area (Å²) in [6.07, 6.45) is 9.66. The first-order valence-corrected chi connectivity index (χ1v) is 25.5. The van der Waals surface area contributed by atoms with E-state index in [1.165, 1.54) is 21.1 Å². The summed E-state index contributed by atoms with van der Waals surface area (Å²) in [6, 6.07) is -1.19. The third kappa shape index (κ3) is 15.3. The van der Waals surface area contributed by atoms with Crippen molar-refractivity contribution in [2.45, 2.75) is 180 Å². The lowest BCUT2D eigenvalue weighted by Crippen LogP contribution is -2.59. The number of hydrogen-bond acceptors (Lipinski definition) is 16. The molecule has 3 fully saturated rings. The quantitative estimate of drug-likeness (QED) is 0.127. The van der Waals surface area contributed by atoms with Gasteiger partial charge < -0.3 is 53.7 Å². The van der Waals surface area contributed by atoms with Crippen LogP contribution in [0.4, 0.5) is 0 Å². The number of carbonyl (C=O) groups excluding carboxylic acids is 6. The van der Waals surface area contributed by atoms with Crippen molar-refractivity contribution in [3.63, 3.8) is 0 Å². The number of hydrogen-bond donors (Lipinski definition) is 4. The highest BCUT2D eigenvalue weighted by Crippen LogP contribution is 2.38. The summed E-state index contributed by atoms with van der Waals surface area (Å²) in [5.74, 6) is -9.32. The highest BCUT2D eigenvalue weighted by Gasteiger charge is 2.53. The number of fused-ring (bicyclic) bond motifs is 3. The number of methoxy groups -OCH3 is 3. The molecule has 0 radical (unpaired) electrons. The topological polar surface area (TPSA) is 242 Å². The van der Waals surface area contributed by atoms with Gasteiger partial charge in [0.1, 0.15) is 41.7 Å². The molecule has 4 aliphatic rings. The smallest absolute Gasteiger partial charge is 0.329 e. The van der Waals surface area contributed by atoms with Crippen molar-refractivity contribution in [2.75, 3.05) is 41.1 Å². The Hall–Kier alpha value is -3.94. The average Bonchev–Trinajstić information content (AvgIpc) is 3.86. The Balaban J connectivity index is 1.66. The second kappa shape index (κ2) is 27.4. The van der Waals surface area contributed by atoms with E-state index in [0.717, 1.165) is 10.5 Å². The number of rotatable bonds is 10. The molecule has 1 saturated carbocycles. The molecule has 0 unspecified atom stereocenters. The number of aliphatic hydroxyl groups excluding tert-OH is 3. The van der Waals surface area contributed by atoms with Gasteiger partial charge in [-0.15, -0.1) is 0 Å². The lowest BCUT2D eigenvalue weighted by Gasteiger charge is -2.41. The van der Waals surface area contributed by atoms with Crippen molar-refractivity contribution in [1.29, 1.82) is 0 Å². The Labute approximate surface area is 420 Å². The fraction of sp³-hybridized carbons (Fsp3) is 0.741. The average molecular weight is 1000 g/mol. The molecule has 14 atom stereocenters. The summed E-state index contributed by atoms with van der Waals surface area (Å²) in [6.45, 7) is 10.7. The molecule has 0 aromatic carbocycles. The summed E-state index contributed by atoms with van der Waals surface area (Å²) in [7, 11) is 4.42. The number of carbonyl (C=O) groups is 6. The molecular formula is C54H83NO16. The van der Waals surface area contributed by atoms with Crippen molar-refractivity contribution in [3.05, 3.63) is 47.6 Å². The van der Waals surface area contributed by atoms with Crippen molar-refractivity contribution >= 4 is 35.2 Å². The highest BCUT2D eigenvalue weighted by atomic mass is 16.6. The van der Waals surface area contributed by atoms with Crippen LogP contribution in [-0.2, 0) is 57.2 Å². The van der Waals surface area contributed by atoms with Gasteiger partial charge in [0.2, 0.25) is 5.79 Å². The number of nitrogens with zero attached hydrogens (tertiary/aromatic N) is 1. The maximum atomic E-state index is 14.4. The highest BCUT2D eigenvalue weighted by molar-refractivity contribution is 6.39. The van der Waals surface area contributed by atoms with Crippen LogP contribution in [0.25, 0.3) is 0 Å². The zero-order chi connectivity index (χ0) is 52.8. The molecule has 3 aliphatic heterocycles. The minimum atomic E-state index is -2.46. The van der Waals surface area contributed by atoms with E-state index < -0.39 is 120 Å². The molecule has 4 N–H and O–H groups in total. The molecule has 400 valence electrons. The van der Waals surface area contributed by atoms with E-state index >= 15 is 0 Å². The van der Waals surface area contributed by atoms with Crippen LogP contribution in [0, 0.1) is 35.0 Å². The number of allylic oxidation sites excluding steroid dienone is 6. The number of esters is 2. The molecule has 3 heterocycles. The van der Waals surface area contributed by atoms with E-state index in [1.54, 1.807) is 40.9 Å². The van der Waals surface area contributed by atoms with Gasteiger partial charge in [-0.1, -0.05) is 64.2 Å². The zero-order valence-electron chi connectivity index (χ0n) is 43.7. The third-order valence-electron chi connectivity index (χ3n) is 15.4. The van der Waals surface area contributed by atoms with E-state index in [9.17, 15) is 49.2 Å². The van der Waals surface area contributed by atoms with E-state index in [2.05, 4.69) is 0 Å². The molecule has 17 nitrogen and oxygen atoms in total. The zero-order valence-corrected chi connectivity index (χ0v) is 43.7. The van der Waals surface area contributed by atoms with Crippen LogP contribution in [0.3, 0.4) is 0 Å². The lowest BCUT2D eigenvalue weighted by atomic mass is 9.78. The van der Waals surface area contributed by atoms with Crippen LogP contribution >= 0.6 is 0 Å². The summed E-state index contributed by atoms with van der Waals surface area (Å²) in [4.78, 5) is 84.6. The minimum Gasteiger partial charge on any atom is -0.460 e. The maximum absolute atomic E-state index is 14.4. The van der Waals surface area contributed by atoms with Crippen LogP contribution in [0.5, 0.6) is 0 Å². The Bertz CT molecular complexity index is 1960. The van der Waals surface area contributed by atoms with Gasteiger partial charge in [-0.25, -0.2) is 4.79 Å². The van der Waals surface area contributed by atoms with Gasteiger partial charge in [-0.2, -0.15) is 0 Å². The normalized spacial score (nSPS) is 36.2. The van der Waals surface area contributed by atoms with Crippen molar-refractivity contribution in [3.8, 4) is 0 Å². The van der Waals surface area contributed by atoms with Gasteiger partial charge in [0.25, 0.3) is 11.7 Å². The Kier molecular flexibility index (Phi) is 23.0. The summed E-state index contributed by atoms with van der Waals surface area (Å²) in [5.41, 5.74) is -0.274. The molecule has 0 aromatic heterocycles. The SMILES string of the molecule is CO[C@H]1C[C@@H]2CC[C@@H](C)[C@@](O)(O2)C(=O)C(=O)N2CCC[C@H]2C(=O)O[C@H]([C@H](C)C[C@@H]2CC[C@@H](OC(=O)C(C)(CO)CO)[C@H](OC)C2)CC(=O)[C@H](C)/C=C(\C)[C@@H](O)[C@@H](OC)C(=O)[C@H](C)CC/C=C/C=C/C=C1C. The fourth-order valence-corrected chi connectivity index (χ4v) is 10.2. The predicted octanol–water partition coefficient (Wildman–Crippen LogP) is 5.09. The molecule has 2 saturated heterocycles. The van der Waals surface area contributed by atoms with E-state index in [-0.39, 0.29) is 36.9 Å². The standard InChI is InChI=1S/C54H83NO16/c1-32-17-14-12-11-13-15-18-33(2)46(59)48(68-10)47(60)36(5)25-34(3)41(58)29-44(35(4)26-38-21-23-42(45(27-38)67-9)70-52(64)53(7,30-56)31-57)69-51(63)40-19-16-24-55(40)50(62)49(61)54(65)37(6)20-22-39(71-54)28-43(32)66-8/h11-14,17,25,33-35,37-40,42-45,47-48,56-57,60,65H,15-16,18-24,26-31H2,1-10H3/b13-11+,14-12+,32-17?,36-25+/t33-,34-,35-,37-,38+,39+,40+,42-,43+,44+,45-,47-,48+,54-/m1/s1. The van der Waals surface area contributed by atoms with Crippen LogP contribution in [0.15, 0.2) is 47.6 Å². The minimum absolute atomic E-state index is 0.0350. The largest absolute Gasteiger partial charge is 0.460 e. The van der Waals surface area contributed by atoms with Crippen LogP contribution in [-0.4, -0.2) is 156 Å². The van der Waals surface area contributed by atoms with Crippen LogP contribution in [0.1, 0.15) is 126 Å². The van der Waals surface area contributed by atoms with Gasteiger partial charge >= 0.3 is 11.9 Å². The van der Waals surface area contributed by atoms with Crippen molar-refractivity contribution < 1.29 is 77.6 Å². The Morgan fingerprint density at radius 1 is 0.887 bits per heavy atom. The third-order valence-corrected chi connectivity index (χ3v) is 15.4. The Morgan fingerprint density at radius 3 is 2.24 bits per heavy atom. The molecular weight excluding hydrogens is 919 g/mol. The maximum Gasteiger partial charge on any atom is 0.329 e. The summed E-state index contributed by atoms with van der Waals surface area (Å²) in [5, 5.41) is 42.9. The molecule has 1 aliphatic carbocycles. The Morgan fingerprint density at radius 2 is 1.59 bits per heavy atom. The van der Waals surface area contributed by atoms with Crippen molar-refractivity contribution in [1.82, 2.24) is 4.90 Å². The summed E-state index contributed by atoms with van der Waals surface area (Å²) < 4.78 is 35.2. The molecule has 1 amide bonds. The number of ether oxygens (including phenoxy) is 6. The first-order chi connectivity index (χ1) is 33.6. The molecule has 0 spiro atoms. The molecule has 4 rings (SSSR count). The van der Waals surface area contributed by atoms with E-state index in [4.69, 9.17) is 28.4 Å². The summed E-state index contributed by atoms with van der Waals surface area (Å²) >= 11 is 0. The predicted molar refractivity (Wildman–Crippen MR) is 262 cm³/mol. The monoisotopic (exact) mass is 1000 g/mol.